The Labute approximate surface area is 85.2 Å². The van der Waals surface area contributed by atoms with Crippen LogP contribution in [0.25, 0.3) is 0 Å². The molecule has 74 valence electrons. The van der Waals surface area contributed by atoms with Gasteiger partial charge in [0.2, 0.25) is 6.29 Å². The Morgan fingerprint density at radius 2 is 2.62 bits per heavy atom. The summed E-state index contributed by atoms with van der Waals surface area (Å²) in [5.41, 5.74) is 5.07. The summed E-state index contributed by atoms with van der Waals surface area (Å²) in [5.74, 6) is -0.363. The number of amides is 1. The molecule has 0 aromatic rings. The number of nitrogens with two attached hydrogens (primary N) is 1. The van der Waals surface area contributed by atoms with E-state index in [1.165, 1.54) is 0 Å². The molecule has 4 nitrogen and oxygen atoms in total. The summed E-state index contributed by atoms with van der Waals surface area (Å²) in [6.07, 6.45) is 1.93. The first kappa shape index (κ1) is 10.5. The van der Waals surface area contributed by atoms with Gasteiger partial charge in [-0.25, -0.2) is 0 Å². The Hall–Kier alpha value is -0.550. The maximum Gasteiger partial charge on any atom is 0.283 e. The number of hydrogen-bond donors (Lipinski definition) is 1. The van der Waals surface area contributed by atoms with Gasteiger partial charge in [0.1, 0.15) is 0 Å². The van der Waals surface area contributed by atoms with E-state index >= 15 is 0 Å². The minimum atomic E-state index is -0.552. The van der Waals surface area contributed by atoms with Gasteiger partial charge in [-0.1, -0.05) is 15.9 Å². The summed E-state index contributed by atoms with van der Waals surface area (Å²) < 4.78 is 10.5. The second kappa shape index (κ2) is 4.62. The highest BCUT2D eigenvalue weighted by Gasteiger charge is 2.27. The number of ether oxygens (including phenoxy) is 2. The molecule has 0 saturated carbocycles. The Balaban J connectivity index is 2.60. The van der Waals surface area contributed by atoms with Gasteiger partial charge >= 0.3 is 0 Å². The molecular weight excluding hydrogens is 238 g/mol. The predicted molar refractivity (Wildman–Crippen MR) is 51.1 cm³/mol. The fraction of sp³-hybridized carbons (Fsp3) is 0.625. The van der Waals surface area contributed by atoms with Crippen molar-refractivity contribution < 1.29 is 14.3 Å². The van der Waals surface area contributed by atoms with E-state index in [1.807, 2.05) is 6.92 Å². The molecule has 2 atom stereocenters. The minimum Gasteiger partial charge on any atom is -0.458 e. The first-order valence-electron chi connectivity index (χ1n) is 4.07. The van der Waals surface area contributed by atoms with Crippen LogP contribution < -0.4 is 5.73 Å². The van der Waals surface area contributed by atoms with Gasteiger partial charge in [-0.2, -0.15) is 0 Å². The quantitative estimate of drug-likeness (QED) is 0.757. The van der Waals surface area contributed by atoms with Gasteiger partial charge in [0, 0.05) is 6.61 Å². The molecule has 0 unspecified atom stereocenters. The minimum absolute atomic E-state index is 0.0792. The highest BCUT2D eigenvalue weighted by molar-refractivity contribution is 9.09. The average molecular weight is 250 g/mol. The predicted octanol–water partition coefficient (Wildman–Crippen LogP) is 0.902. The number of primary amides is 1. The van der Waals surface area contributed by atoms with E-state index in [-0.39, 0.29) is 10.6 Å². The molecule has 0 radical (unpaired) electrons. The van der Waals surface area contributed by atoms with E-state index in [2.05, 4.69) is 15.9 Å². The van der Waals surface area contributed by atoms with Crippen LogP contribution in [0.15, 0.2) is 11.8 Å². The zero-order chi connectivity index (χ0) is 9.84. The molecule has 0 aliphatic carbocycles. The number of rotatable bonds is 3. The summed E-state index contributed by atoms with van der Waals surface area (Å²) in [6.45, 7) is 2.41. The molecule has 0 aromatic heterocycles. The Kier molecular flexibility index (Phi) is 3.74. The highest BCUT2D eigenvalue weighted by Crippen LogP contribution is 2.23. The molecule has 1 amide bonds. The normalized spacial score (nSPS) is 27.7. The molecule has 0 saturated heterocycles. The molecule has 1 aliphatic rings. The fourth-order valence-corrected chi connectivity index (χ4v) is 1.49. The molecule has 5 heteroatoms. The number of allylic oxidation sites excluding steroid dienone is 1. The van der Waals surface area contributed by atoms with Crippen LogP contribution in [0.4, 0.5) is 0 Å². The molecule has 0 aromatic carbocycles. The largest absolute Gasteiger partial charge is 0.458 e. The molecular formula is C8H12BrNO3. The molecule has 0 bridgehead atoms. The summed E-state index contributed by atoms with van der Waals surface area (Å²) in [4.78, 5) is 10.8. The average Bonchev–Trinajstić information content (AvgIpc) is 2.08. The number of halogens is 1. The molecule has 13 heavy (non-hydrogen) atoms. The van der Waals surface area contributed by atoms with Crippen LogP contribution in [-0.2, 0) is 14.3 Å². The first-order chi connectivity index (χ1) is 6.15. The van der Waals surface area contributed by atoms with Gasteiger partial charge in [-0.15, -0.1) is 0 Å². The van der Waals surface area contributed by atoms with E-state index < -0.39 is 12.2 Å². The van der Waals surface area contributed by atoms with Crippen molar-refractivity contribution in [2.75, 3.05) is 6.61 Å². The van der Waals surface area contributed by atoms with E-state index in [9.17, 15) is 4.79 Å². The maximum atomic E-state index is 10.8. The zero-order valence-electron chi connectivity index (χ0n) is 7.33. The van der Waals surface area contributed by atoms with Crippen LogP contribution >= 0.6 is 15.9 Å². The van der Waals surface area contributed by atoms with E-state index in [1.54, 1.807) is 6.08 Å². The third kappa shape index (κ3) is 2.70. The lowest BCUT2D eigenvalue weighted by Crippen LogP contribution is -2.33. The third-order valence-corrected chi connectivity index (χ3v) is 2.45. The SMILES string of the molecule is CCO[C@H]1OC(C(N)=O)=CC[C@H]1Br. The second-order valence-corrected chi connectivity index (χ2v) is 3.80. The van der Waals surface area contributed by atoms with Crippen molar-refractivity contribution in [1.82, 2.24) is 0 Å². The smallest absolute Gasteiger partial charge is 0.283 e. The molecule has 1 heterocycles. The first-order valence-corrected chi connectivity index (χ1v) is 4.99. The molecule has 1 rings (SSSR count). The van der Waals surface area contributed by atoms with Gasteiger partial charge < -0.3 is 15.2 Å². The lowest BCUT2D eigenvalue weighted by atomic mass is 10.2. The lowest BCUT2D eigenvalue weighted by Gasteiger charge is -2.26. The standard InChI is InChI=1S/C8H12BrNO3/c1-2-12-8-5(9)3-4-6(13-8)7(10)11/h4-5,8H,2-3H2,1H3,(H2,10,11)/t5-,8+/m1/s1. The monoisotopic (exact) mass is 249 g/mol. The van der Waals surface area contributed by atoms with Gasteiger partial charge in [-0.05, 0) is 19.4 Å². The van der Waals surface area contributed by atoms with E-state index in [0.717, 1.165) is 0 Å². The van der Waals surface area contributed by atoms with Crippen molar-refractivity contribution in [3.8, 4) is 0 Å². The summed E-state index contributed by atoms with van der Waals surface area (Å²) in [6, 6.07) is 0. The van der Waals surface area contributed by atoms with Crippen molar-refractivity contribution in [3.63, 3.8) is 0 Å². The van der Waals surface area contributed by atoms with E-state index in [0.29, 0.717) is 13.0 Å². The highest BCUT2D eigenvalue weighted by atomic mass is 79.9. The van der Waals surface area contributed by atoms with Crippen molar-refractivity contribution in [1.29, 1.82) is 0 Å². The van der Waals surface area contributed by atoms with Crippen LogP contribution in [0, 0.1) is 0 Å². The summed E-state index contributed by atoms with van der Waals surface area (Å²) >= 11 is 3.39. The van der Waals surface area contributed by atoms with Crippen LogP contribution in [0.1, 0.15) is 13.3 Å². The number of carbonyl (C=O) groups is 1. The fourth-order valence-electron chi connectivity index (χ4n) is 1.04. The van der Waals surface area contributed by atoms with Crippen LogP contribution in [0.5, 0.6) is 0 Å². The van der Waals surface area contributed by atoms with Gasteiger partial charge in [-0.3, -0.25) is 4.79 Å². The van der Waals surface area contributed by atoms with Gasteiger partial charge in [0.15, 0.2) is 5.76 Å². The van der Waals surface area contributed by atoms with Crippen LogP contribution in [0.2, 0.25) is 0 Å². The molecule has 0 fully saturated rings. The summed E-state index contributed by atoms with van der Waals surface area (Å²) in [5, 5.41) is 0. The topological polar surface area (TPSA) is 61.6 Å². The molecule has 0 spiro atoms. The van der Waals surface area contributed by atoms with Gasteiger partial charge in [0.05, 0.1) is 4.83 Å². The van der Waals surface area contributed by atoms with E-state index in [4.69, 9.17) is 15.2 Å². The lowest BCUT2D eigenvalue weighted by molar-refractivity contribution is -0.138. The molecule has 1 aliphatic heterocycles. The number of hydrogen-bond acceptors (Lipinski definition) is 3. The molecule has 2 N–H and O–H groups in total. The number of carbonyl (C=O) groups excluding carboxylic acids is 1. The number of alkyl halides is 1. The zero-order valence-corrected chi connectivity index (χ0v) is 8.91. The van der Waals surface area contributed by atoms with Crippen molar-refractivity contribution in [2.45, 2.75) is 24.5 Å². The Morgan fingerprint density at radius 3 is 3.15 bits per heavy atom. The Morgan fingerprint density at radius 1 is 1.92 bits per heavy atom. The van der Waals surface area contributed by atoms with Gasteiger partial charge in [0.25, 0.3) is 5.91 Å². The Bertz CT molecular complexity index is 229. The summed E-state index contributed by atoms with van der Waals surface area (Å²) in [7, 11) is 0. The van der Waals surface area contributed by atoms with Crippen LogP contribution in [0.3, 0.4) is 0 Å². The second-order valence-electron chi connectivity index (χ2n) is 2.63. The van der Waals surface area contributed by atoms with Crippen molar-refractivity contribution in [3.05, 3.63) is 11.8 Å². The van der Waals surface area contributed by atoms with Crippen molar-refractivity contribution >= 4 is 21.8 Å². The van der Waals surface area contributed by atoms with Crippen LogP contribution in [-0.4, -0.2) is 23.6 Å². The third-order valence-electron chi connectivity index (χ3n) is 1.64. The maximum absolute atomic E-state index is 10.8. The van der Waals surface area contributed by atoms with Crippen molar-refractivity contribution in [2.24, 2.45) is 5.73 Å².